The second-order valence-corrected chi connectivity index (χ2v) is 4.58. The van der Waals surface area contributed by atoms with Gasteiger partial charge in [-0.1, -0.05) is 11.6 Å². The number of rotatable bonds is 3. The van der Waals surface area contributed by atoms with Gasteiger partial charge in [-0.15, -0.1) is 11.3 Å². The quantitative estimate of drug-likeness (QED) is 0.733. The molecule has 0 saturated heterocycles. The summed E-state index contributed by atoms with van der Waals surface area (Å²) < 4.78 is 1.60. The number of fused-ring (bicyclic) bond motifs is 1. The average molecular weight is 267 g/mol. The van der Waals surface area contributed by atoms with Crippen molar-refractivity contribution in [1.82, 2.24) is 24.6 Å². The van der Waals surface area contributed by atoms with Gasteiger partial charge in [-0.2, -0.15) is 19.6 Å². The third-order valence-corrected chi connectivity index (χ3v) is 3.10. The summed E-state index contributed by atoms with van der Waals surface area (Å²) in [5.41, 5.74) is 0. The van der Waals surface area contributed by atoms with Gasteiger partial charge in [-0.3, -0.25) is 0 Å². The van der Waals surface area contributed by atoms with Crippen LogP contribution < -0.4 is 5.32 Å². The molecule has 0 unspecified atom stereocenters. The zero-order chi connectivity index (χ0) is 11.7. The molecular weight excluding hydrogens is 260 g/mol. The van der Waals surface area contributed by atoms with Crippen molar-refractivity contribution in [3.8, 4) is 0 Å². The fourth-order valence-corrected chi connectivity index (χ4v) is 2.15. The zero-order valence-corrected chi connectivity index (χ0v) is 10.1. The standard InChI is InChI=1S/C9H7ClN6S/c10-6-3-7(12-4-8-11-1-2-17-8)16-9(15-6)13-5-14-16/h1-3,5,12H,4H2. The molecule has 0 spiro atoms. The molecule has 0 atom stereocenters. The van der Waals surface area contributed by atoms with Crippen LogP contribution in [0.5, 0.6) is 0 Å². The van der Waals surface area contributed by atoms with Crippen molar-refractivity contribution in [2.75, 3.05) is 5.32 Å². The lowest BCUT2D eigenvalue weighted by Gasteiger charge is -2.06. The Balaban J connectivity index is 1.91. The van der Waals surface area contributed by atoms with Gasteiger partial charge < -0.3 is 5.32 Å². The molecule has 0 aromatic carbocycles. The van der Waals surface area contributed by atoms with E-state index in [4.69, 9.17) is 11.6 Å². The first-order valence-corrected chi connectivity index (χ1v) is 6.07. The highest BCUT2D eigenvalue weighted by Crippen LogP contribution is 2.15. The van der Waals surface area contributed by atoms with Gasteiger partial charge in [0.2, 0.25) is 0 Å². The fraction of sp³-hybridized carbons (Fsp3) is 0.111. The Morgan fingerprint density at radius 3 is 3.18 bits per heavy atom. The number of halogens is 1. The lowest BCUT2D eigenvalue weighted by Crippen LogP contribution is -2.05. The van der Waals surface area contributed by atoms with Gasteiger partial charge in [-0.25, -0.2) is 4.98 Å². The highest BCUT2D eigenvalue weighted by molar-refractivity contribution is 7.09. The number of hydrogen-bond donors (Lipinski definition) is 1. The number of anilines is 1. The van der Waals surface area contributed by atoms with E-state index < -0.39 is 0 Å². The molecule has 8 heteroatoms. The van der Waals surface area contributed by atoms with Gasteiger partial charge >= 0.3 is 0 Å². The number of hydrogen-bond acceptors (Lipinski definition) is 6. The van der Waals surface area contributed by atoms with Crippen LogP contribution in [0.4, 0.5) is 5.82 Å². The van der Waals surface area contributed by atoms with E-state index >= 15 is 0 Å². The van der Waals surface area contributed by atoms with Crippen LogP contribution in [-0.4, -0.2) is 24.6 Å². The van der Waals surface area contributed by atoms with E-state index in [0.717, 1.165) is 10.8 Å². The second kappa shape index (κ2) is 4.27. The van der Waals surface area contributed by atoms with Crippen molar-refractivity contribution < 1.29 is 0 Å². The molecule has 17 heavy (non-hydrogen) atoms. The molecule has 3 aromatic heterocycles. The topological polar surface area (TPSA) is 68.0 Å². The van der Waals surface area contributed by atoms with E-state index in [1.807, 2.05) is 5.38 Å². The van der Waals surface area contributed by atoms with Crippen LogP contribution in [0.1, 0.15) is 5.01 Å². The van der Waals surface area contributed by atoms with E-state index in [9.17, 15) is 0 Å². The monoisotopic (exact) mass is 266 g/mol. The summed E-state index contributed by atoms with van der Waals surface area (Å²) in [6, 6.07) is 1.71. The van der Waals surface area contributed by atoms with E-state index in [-0.39, 0.29) is 0 Å². The summed E-state index contributed by atoms with van der Waals surface area (Å²) in [5.74, 6) is 1.21. The maximum Gasteiger partial charge on any atom is 0.255 e. The molecular formula is C9H7ClN6S. The largest absolute Gasteiger partial charge is 0.363 e. The predicted molar refractivity (Wildman–Crippen MR) is 65.2 cm³/mol. The molecule has 0 aliphatic heterocycles. The van der Waals surface area contributed by atoms with Crippen molar-refractivity contribution in [2.24, 2.45) is 0 Å². The number of nitrogens with zero attached hydrogens (tertiary/aromatic N) is 5. The number of thiazole rings is 1. The summed E-state index contributed by atoms with van der Waals surface area (Å²) in [5, 5.41) is 10.6. The minimum Gasteiger partial charge on any atom is -0.363 e. The first kappa shape index (κ1) is 10.4. The van der Waals surface area contributed by atoms with Crippen molar-refractivity contribution >= 4 is 34.5 Å². The molecule has 6 nitrogen and oxygen atoms in total. The molecule has 86 valence electrons. The maximum atomic E-state index is 5.90. The predicted octanol–water partition coefficient (Wildman–Crippen LogP) is 1.85. The van der Waals surface area contributed by atoms with Crippen LogP contribution in [0.15, 0.2) is 24.0 Å². The normalized spacial score (nSPS) is 10.9. The van der Waals surface area contributed by atoms with Gasteiger partial charge in [0.15, 0.2) is 0 Å². The van der Waals surface area contributed by atoms with Crippen LogP contribution >= 0.6 is 22.9 Å². The van der Waals surface area contributed by atoms with Crippen LogP contribution in [0, 0.1) is 0 Å². The number of nitrogens with one attached hydrogen (secondary N) is 1. The van der Waals surface area contributed by atoms with Crippen molar-refractivity contribution in [3.05, 3.63) is 34.1 Å². The smallest absolute Gasteiger partial charge is 0.255 e. The molecule has 0 radical (unpaired) electrons. The summed E-state index contributed by atoms with van der Waals surface area (Å²) >= 11 is 7.48. The van der Waals surface area contributed by atoms with E-state index in [2.05, 4.69) is 25.4 Å². The summed E-state index contributed by atoms with van der Waals surface area (Å²) in [4.78, 5) is 12.2. The Bertz CT molecular complexity index is 634. The average Bonchev–Trinajstić information content (AvgIpc) is 2.95. The highest BCUT2D eigenvalue weighted by atomic mass is 35.5. The van der Waals surface area contributed by atoms with E-state index in [1.54, 1.807) is 28.1 Å². The lowest BCUT2D eigenvalue weighted by atomic mass is 10.5. The van der Waals surface area contributed by atoms with Crippen LogP contribution in [0.2, 0.25) is 5.15 Å². The lowest BCUT2D eigenvalue weighted by molar-refractivity contribution is 0.923. The Labute approximate surface area is 105 Å². The first-order valence-electron chi connectivity index (χ1n) is 4.81. The van der Waals surface area contributed by atoms with Crippen LogP contribution in [-0.2, 0) is 6.54 Å². The molecule has 3 aromatic rings. The molecule has 0 amide bonds. The SMILES string of the molecule is Clc1cc(NCc2nccs2)n2ncnc2n1. The highest BCUT2D eigenvalue weighted by Gasteiger charge is 2.06. The van der Waals surface area contributed by atoms with Gasteiger partial charge in [0.05, 0.1) is 6.54 Å². The Kier molecular flexibility index (Phi) is 2.62. The van der Waals surface area contributed by atoms with Gasteiger partial charge in [0.1, 0.15) is 22.3 Å². The minimum absolute atomic E-state index is 0.382. The third-order valence-electron chi connectivity index (χ3n) is 2.12. The minimum atomic E-state index is 0.382. The molecule has 0 fully saturated rings. The Morgan fingerprint density at radius 1 is 1.41 bits per heavy atom. The first-order chi connectivity index (χ1) is 8.33. The molecule has 0 aliphatic rings. The molecule has 0 saturated carbocycles. The van der Waals surface area contributed by atoms with Crippen LogP contribution in [0.25, 0.3) is 5.78 Å². The van der Waals surface area contributed by atoms with Crippen molar-refractivity contribution in [3.63, 3.8) is 0 Å². The van der Waals surface area contributed by atoms with Crippen molar-refractivity contribution in [1.29, 1.82) is 0 Å². The summed E-state index contributed by atoms with van der Waals surface area (Å²) in [6.07, 6.45) is 3.21. The Morgan fingerprint density at radius 2 is 2.35 bits per heavy atom. The third kappa shape index (κ3) is 2.06. The van der Waals surface area contributed by atoms with Crippen molar-refractivity contribution in [2.45, 2.75) is 6.54 Å². The Hall–Kier alpha value is -1.73. The molecule has 0 aliphatic carbocycles. The molecule has 0 bridgehead atoms. The number of aromatic nitrogens is 5. The van der Waals surface area contributed by atoms with E-state index in [1.165, 1.54) is 6.33 Å². The van der Waals surface area contributed by atoms with Crippen LogP contribution in [0.3, 0.4) is 0 Å². The zero-order valence-electron chi connectivity index (χ0n) is 8.54. The maximum absolute atomic E-state index is 5.90. The molecule has 3 rings (SSSR count). The fourth-order valence-electron chi connectivity index (χ4n) is 1.42. The summed E-state index contributed by atoms with van der Waals surface area (Å²) in [7, 11) is 0. The van der Waals surface area contributed by atoms with Gasteiger partial charge in [0, 0.05) is 17.6 Å². The molecule has 3 heterocycles. The van der Waals surface area contributed by atoms with Gasteiger partial charge in [-0.05, 0) is 0 Å². The van der Waals surface area contributed by atoms with E-state index in [0.29, 0.717) is 17.5 Å². The summed E-state index contributed by atoms with van der Waals surface area (Å²) in [6.45, 7) is 0.618. The second-order valence-electron chi connectivity index (χ2n) is 3.22. The molecule has 1 N–H and O–H groups in total. The van der Waals surface area contributed by atoms with Gasteiger partial charge in [0.25, 0.3) is 5.78 Å².